The van der Waals surface area contributed by atoms with Crippen LogP contribution in [0.1, 0.15) is 22.8 Å². The van der Waals surface area contributed by atoms with Crippen LogP contribution in [0.3, 0.4) is 0 Å². The zero-order valence-corrected chi connectivity index (χ0v) is 17.0. The summed E-state index contributed by atoms with van der Waals surface area (Å²) in [5.41, 5.74) is 1.37. The van der Waals surface area contributed by atoms with Gasteiger partial charge in [-0.25, -0.2) is 16.8 Å². The van der Waals surface area contributed by atoms with E-state index in [2.05, 4.69) is 10.0 Å². The summed E-state index contributed by atoms with van der Waals surface area (Å²) in [4.78, 5) is 12.0. The average molecular weight is 423 g/mol. The Morgan fingerprint density at radius 2 is 1.61 bits per heavy atom. The van der Waals surface area contributed by atoms with E-state index in [-0.39, 0.29) is 18.1 Å². The van der Waals surface area contributed by atoms with E-state index >= 15 is 0 Å². The zero-order chi connectivity index (χ0) is 20.6. The number of hydrogen-bond acceptors (Lipinski definition) is 5. The summed E-state index contributed by atoms with van der Waals surface area (Å²) in [6.07, 6.45) is 1.48. The van der Waals surface area contributed by atoms with Crippen molar-refractivity contribution in [1.82, 2.24) is 5.32 Å². The van der Waals surface area contributed by atoms with Gasteiger partial charge in [0.15, 0.2) is 9.84 Å². The molecular weight excluding hydrogens is 400 g/mol. The van der Waals surface area contributed by atoms with Crippen molar-refractivity contribution < 1.29 is 21.6 Å². The molecule has 0 aliphatic carbocycles. The summed E-state index contributed by atoms with van der Waals surface area (Å²) < 4.78 is 49.5. The Balaban J connectivity index is 1.94. The Morgan fingerprint density at radius 3 is 2.21 bits per heavy atom. The molecule has 7 nitrogen and oxygen atoms in total. The molecule has 0 radical (unpaired) electrons. The minimum Gasteiger partial charge on any atom is -0.351 e. The van der Waals surface area contributed by atoms with Crippen LogP contribution in [0.4, 0.5) is 5.69 Å². The van der Waals surface area contributed by atoms with Gasteiger partial charge in [-0.05, 0) is 35.9 Å². The second-order valence-electron chi connectivity index (χ2n) is 5.93. The van der Waals surface area contributed by atoms with Crippen molar-refractivity contribution in [2.75, 3.05) is 22.8 Å². The zero-order valence-electron chi connectivity index (χ0n) is 15.3. The molecule has 0 bridgehead atoms. The first-order valence-corrected chi connectivity index (χ1v) is 11.9. The van der Waals surface area contributed by atoms with Gasteiger partial charge >= 0.3 is 0 Å². The molecule has 150 valence electrons. The lowest BCUT2D eigenvalue weighted by molar-refractivity contribution is 0.0956. The van der Waals surface area contributed by atoms with Crippen LogP contribution >= 0.6 is 0 Å². The van der Waals surface area contributed by atoms with E-state index in [4.69, 9.17) is 0 Å². The lowest BCUT2D eigenvalue weighted by Gasteiger charge is -2.07. The van der Waals surface area contributed by atoms with Crippen LogP contribution in [-0.2, 0) is 19.9 Å². The van der Waals surface area contributed by atoms with Gasteiger partial charge in [-0.2, -0.15) is 0 Å². The molecule has 0 heterocycles. The largest absolute Gasteiger partial charge is 0.351 e. The quantitative estimate of drug-likeness (QED) is 0.644. The molecule has 0 atom stereocenters. The lowest BCUT2D eigenvalue weighted by Crippen LogP contribution is -2.29. The molecule has 2 aromatic carbocycles. The van der Waals surface area contributed by atoms with Crippen LogP contribution in [0.25, 0.3) is 6.08 Å². The molecule has 0 saturated heterocycles. The predicted octanol–water partition coefficient (Wildman–Crippen LogP) is 2.26. The van der Waals surface area contributed by atoms with Crippen LogP contribution in [0, 0.1) is 0 Å². The van der Waals surface area contributed by atoms with Gasteiger partial charge < -0.3 is 5.32 Å². The highest BCUT2D eigenvalue weighted by molar-refractivity contribution is 7.95. The lowest BCUT2D eigenvalue weighted by atomic mass is 10.2. The monoisotopic (exact) mass is 422 g/mol. The van der Waals surface area contributed by atoms with Crippen LogP contribution in [0.5, 0.6) is 0 Å². The molecule has 0 aliphatic rings. The highest BCUT2D eigenvalue weighted by atomic mass is 32.2. The van der Waals surface area contributed by atoms with Crippen molar-refractivity contribution in [2.45, 2.75) is 6.92 Å². The van der Waals surface area contributed by atoms with Gasteiger partial charge in [-0.1, -0.05) is 37.3 Å². The molecule has 1 amide bonds. The van der Waals surface area contributed by atoms with Crippen molar-refractivity contribution in [3.05, 3.63) is 71.1 Å². The number of sulfone groups is 1. The van der Waals surface area contributed by atoms with E-state index in [1.807, 2.05) is 6.07 Å². The molecule has 28 heavy (non-hydrogen) atoms. The molecule has 2 rings (SSSR count). The SMILES string of the molecule is CCS(=O)(=O)CCNC(=O)c1ccc(NS(=O)(=O)/C=C/c2ccccc2)cc1. The summed E-state index contributed by atoms with van der Waals surface area (Å²) in [7, 11) is -6.85. The maximum atomic E-state index is 12.1. The Bertz CT molecular complexity index is 1030. The number of hydrogen-bond donors (Lipinski definition) is 2. The first-order valence-electron chi connectivity index (χ1n) is 8.55. The molecule has 0 saturated carbocycles. The second-order valence-corrected chi connectivity index (χ2v) is 9.97. The Morgan fingerprint density at radius 1 is 0.964 bits per heavy atom. The molecule has 0 aliphatic heterocycles. The first-order chi connectivity index (χ1) is 13.2. The number of amides is 1. The standard InChI is InChI=1S/C19H22N2O5S2/c1-2-27(23,24)15-13-20-19(22)17-8-10-18(11-9-17)21-28(25,26)14-12-16-6-4-3-5-7-16/h3-12,14,21H,2,13,15H2,1H3,(H,20,22)/b14-12+. The molecule has 0 unspecified atom stereocenters. The maximum Gasteiger partial charge on any atom is 0.255 e. The van der Waals surface area contributed by atoms with E-state index in [0.717, 1.165) is 11.0 Å². The highest BCUT2D eigenvalue weighted by Crippen LogP contribution is 2.13. The number of carbonyl (C=O) groups excluding carboxylic acids is 1. The average Bonchev–Trinajstić information content (AvgIpc) is 2.67. The van der Waals surface area contributed by atoms with Crippen molar-refractivity contribution in [1.29, 1.82) is 0 Å². The minimum absolute atomic E-state index is 0.0215. The molecule has 2 aromatic rings. The van der Waals surface area contributed by atoms with Gasteiger partial charge in [0, 0.05) is 23.5 Å². The number of anilines is 1. The van der Waals surface area contributed by atoms with Gasteiger partial charge in [0.1, 0.15) is 0 Å². The van der Waals surface area contributed by atoms with Gasteiger partial charge in [-0.3, -0.25) is 9.52 Å². The maximum absolute atomic E-state index is 12.1. The van der Waals surface area contributed by atoms with E-state index in [1.54, 1.807) is 31.2 Å². The molecular formula is C19H22N2O5S2. The van der Waals surface area contributed by atoms with Crippen molar-refractivity contribution >= 4 is 37.5 Å². The van der Waals surface area contributed by atoms with Crippen LogP contribution in [0.15, 0.2) is 60.0 Å². The normalized spacial score (nSPS) is 12.0. The highest BCUT2D eigenvalue weighted by Gasteiger charge is 2.11. The summed E-state index contributed by atoms with van der Waals surface area (Å²) in [5, 5.41) is 3.59. The third-order valence-corrected chi connectivity index (χ3v) is 6.51. The summed E-state index contributed by atoms with van der Waals surface area (Å²) >= 11 is 0. The Labute approximate surface area is 165 Å². The summed E-state index contributed by atoms with van der Waals surface area (Å²) in [6.45, 7) is 1.57. The van der Waals surface area contributed by atoms with Crippen molar-refractivity contribution in [3.63, 3.8) is 0 Å². The first kappa shape index (κ1) is 21.6. The molecule has 0 fully saturated rings. The van der Waals surface area contributed by atoms with E-state index in [0.29, 0.717) is 11.3 Å². The van der Waals surface area contributed by atoms with Gasteiger partial charge in [0.05, 0.1) is 11.2 Å². The van der Waals surface area contributed by atoms with E-state index in [1.165, 1.54) is 30.3 Å². The van der Waals surface area contributed by atoms with E-state index in [9.17, 15) is 21.6 Å². The van der Waals surface area contributed by atoms with Crippen molar-refractivity contribution in [2.24, 2.45) is 0 Å². The Kier molecular flexibility index (Phi) is 7.36. The fraction of sp³-hybridized carbons (Fsp3) is 0.211. The summed E-state index contributed by atoms with van der Waals surface area (Å²) in [6, 6.07) is 14.9. The van der Waals surface area contributed by atoms with Gasteiger partial charge in [0.2, 0.25) is 0 Å². The van der Waals surface area contributed by atoms with Crippen LogP contribution in [-0.4, -0.2) is 40.8 Å². The molecule has 9 heteroatoms. The van der Waals surface area contributed by atoms with Crippen LogP contribution < -0.4 is 10.0 Å². The third-order valence-electron chi connectivity index (χ3n) is 3.78. The molecule has 0 aromatic heterocycles. The number of nitrogens with one attached hydrogen (secondary N) is 2. The topological polar surface area (TPSA) is 109 Å². The fourth-order valence-electron chi connectivity index (χ4n) is 2.19. The predicted molar refractivity (Wildman–Crippen MR) is 111 cm³/mol. The molecule has 2 N–H and O–H groups in total. The van der Waals surface area contributed by atoms with Crippen molar-refractivity contribution in [3.8, 4) is 0 Å². The smallest absolute Gasteiger partial charge is 0.255 e. The minimum atomic E-state index is -3.70. The van der Waals surface area contributed by atoms with Gasteiger partial charge in [-0.15, -0.1) is 0 Å². The van der Waals surface area contributed by atoms with Crippen LogP contribution in [0.2, 0.25) is 0 Å². The summed E-state index contributed by atoms with van der Waals surface area (Å²) in [5.74, 6) is -0.526. The molecule has 0 spiro atoms. The third kappa shape index (κ3) is 7.16. The fourth-order valence-corrected chi connectivity index (χ4v) is 3.76. The van der Waals surface area contributed by atoms with Gasteiger partial charge in [0.25, 0.3) is 15.9 Å². The number of carbonyl (C=O) groups is 1. The Hall–Kier alpha value is -2.65. The number of benzene rings is 2. The second kappa shape index (κ2) is 9.52. The number of rotatable bonds is 9. The number of sulfonamides is 1. The van der Waals surface area contributed by atoms with E-state index < -0.39 is 25.8 Å².